The SMILES string of the molecule is Cc1nnc(-c2ccccc2NC(=O)[C@@H](C)OCC2CC2)o1. The van der Waals surface area contributed by atoms with Crippen LogP contribution >= 0.6 is 0 Å². The molecule has 1 heterocycles. The van der Waals surface area contributed by atoms with E-state index in [9.17, 15) is 4.79 Å². The number of rotatable bonds is 6. The van der Waals surface area contributed by atoms with Crippen molar-refractivity contribution < 1.29 is 13.9 Å². The lowest BCUT2D eigenvalue weighted by molar-refractivity contribution is -0.126. The zero-order chi connectivity index (χ0) is 15.5. The standard InChI is InChI=1S/C16H19N3O3/c1-10(21-9-12-7-8-12)15(20)17-14-6-4-3-5-13(14)16-19-18-11(2)22-16/h3-6,10,12H,7-9H2,1-2H3,(H,17,20)/t10-/m1/s1. The Labute approximate surface area is 128 Å². The fourth-order valence-corrected chi connectivity index (χ4v) is 2.06. The minimum absolute atomic E-state index is 0.177. The number of aromatic nitrogens is 2. The van der Waals surface area contributed by atoms with Gasteiger partial charge in [0.1, 0.15) is 6.10 Å². The predicted octanol–water partition coefficient (Wildman–Crippen LogP) is 2.80. The van der Waals surface area contributed by atoms with E-state index in [0.717, 1.165) is 0 Å². The number of para-hydroxylation sites is 1. The normalized spacial score (nSPS) is 15.5. The third-order valence-electron chi connectivity index (χ3n) is 3.59. The van der Waals surface area contributed by atoms with E-state index in [1.54, 1.807) is 19.9 Å². The summed E-state index contributed by atoms with van der Waals surface area (Å²) < 4.78 is 11.0. The fraction of sp³-hybridized carbons (Fsp3) is 0.438. The molecule has 3 rings (SSSR count). The van der Waals surface area contributed by atoms with Crippen LogP contribution in [0.4, 0.5) is 5.69 Å². The van der Waals surface area contributed by atoms with Crippen LogP contribution in [0.5, 0.6) is 0 Å². The van der Waals surface area contributed by atoms with Crippen molar-refractivity contribution in [2.75, 3.05) is 11.9 Å². The lowest BCUT2D eigenvalue weighted by atomic mass is 10.1. The van der Waals surface area contributed by atoms with Crippen LogP contribution in [0.1, 0.15) is 25.7 Å². The molecular weight excluding hydrogens is 282 g/mol. The largest absolute Gasteiger partial charge is 0.421 e. The molecule has 1 aliphatic carbocycles. The third kappa shape index (κ3) is 3.51. The number of hydrogen-bond donors (Lipinski definition) is 1. The first kappa shape index (κ1) is 14.7. The molecule has 22 heavy (non-hydrogen) atoms. The summed E-state index contributed by atoms with van der Waals surface area (Å²) in [6, 6.07) is 7.34. The third-order valence-corrected chi connectivity index (χ3v) is 3.59. The van der Waals surface area contributed by atoms with Gasteiger partial charge >= 0.3 is 0 Å². The Morgan fingerprint density at radius 3 is 2.86 bits per heavy atom. The summed E-state index contributed by atoms with van der Waals surface area (Å²) in [4.78, 5) is 12.2. The Kier molecular flexibility index (Phi) is 4.20. The Morgan fingerprint density at radius 1 is 1.41 bits per heavy atom. The van der Waals surface area contributed by atoms with Crippen molar-refractivity contribution in [1.29, 1.82) is 0 Å². The summed E-state index contributed by atoms with van der Waals surface area (Å²) in [7, 11) is 0. The van der Waals surface area contributed by atoms with Gasteiger partial charge in [-0.3, -0.25) is 4.79 Å². The molecule has 2 aromatic rings. The number of nitrogens with one attached hydrogen (secondary N) is 1. The van der Waals surface area contributed by atoms with Gasteiger partial charge in [-0.05, 0) is 37.8 Å². The van der Waals surface area contributed by atoms with E-state index in [4.69, 9.17) is 9.15 Å². The highest BCUT2D eigenvalue weighted by Gasteiger charge is 2.24. The topological polar surface area (TPSA) is 77.2 Å². The first-order valence-corrected chi connectivity index (χ1v) is 7.45. The molecule has 0 unspecified atom stereocenters. The van der Waals surface area contributed by atoms with Gasteiger partial charge in [0.15, 0.2) is 0 Å². The van der Waals surface area contributed by atoms with Gasteiger partial charge < -0.3 is 14.5 Å². The Morgan fingerprint density at radius 2 is 2.18 bits per heavy atom. The molecule has 1 aliphatic rings. The number of carbonyl (C=O) groups excluding carboxylic acids is 1. The quantitative estimate of drug-likeness (QED) is 0.887. The molecule has 1 aromatic carbocycles. The van der Waals surface area contributed by atoms with Gasteiger partial charge in [0, 0.05) is 6.92 Å². The molecule has 1 amide bonds. The molecule has 0 radical (unpaired) electrons. The summed E-state index contributed by atoms with van der Waals surface area (Å²) in [6.07, 6.45) is 1.92. The smallest absolute Gasteiger partial charge is 0.253 e. The Hall–Kier alpha value is -2.21. The monoisotopic (exact) mass is 301 g/mol. The van der Waals surface area contributed by atoms with Crippen LogP contribution in [0, 0.1) is 12.8 Å². The van der Waals surface area contributed by atoms with Crippen molar-refractivity contribution in [3.05, 3.63) is 30.2 Å². The molecule has 1 saturated carbocycles. The van der Waals surface area contributed by atoms with Gasteiger partial charge in [-0.15, -0.1) is 10.2 Å². The molecule has 1 N–H and O–H groups in total. The van der Waals surface area contributed by atoms with Crippen molar-refractivity contribution in [2.45, 2.75) is 32.8 Å². The number of amides is 1. The molecule has 0 bridgehead atoms. The summed E-state index contributed by atoms with van der Waals surface area (Å²) in [5, 5.41) is 10.7. The maximum atomic E-state index is 12.2. The van der Waals surface area contributed by atoms with Crippen LogP contribution in [0.25, 0.3) is 11.5 Å². The van der Waals surface area contributed by atoms with Gasteiger partial charge in [0.05, 0.1) is 17.9 Å². The molecule has 1 atom stereocenters. The molecular formula is C16H19N3O3. The minimum atomic E-state index is -0.488. The van der Waals surface area contributed by atoms with Gasteiger partial charge in [0.2, 0.25) is 11.8 Å². The zero-order valence-corrected chi connectivity index (χ0v) is 12.7. The van der Waals surface area contributed by atoms with E-state index >= 15 is 0 Å². The molecule has 0 aliphatic heterocycles. The van der Waals surface area contributed by atoms with Gasteiger partial charge in [-0.1, -0.05) is 12.1 Å². The van der Waals surface area contributed by atoms with Crippen molar-refractivity contribution in [3.63, 3.8) is 0 Å². The second-order valence-corrected chi connectivity index (χ2v) is 5.58. The highest BCUT2D eigenvalue weighted by atomic mass is 16.5. The van der Waals surface area contributed by atoms with Gasteiger partial charge in [-0.2, -0.15) is 0 Å². The second kappa shape index (κ2) is 6.27. The van der Waals surface area contributed by atoms with Crippen LogP contribution < -0.4 is 5.32 Å². The summed E-state index contributed by atoms with van der Waals surface area (Å²) in [6.45, 7) is 4.14. The molecule has 116 valence electrons. The van der Waals surface area contributed by atoms with Crippen LogP contribution in [0.15, 0.2) is 28.7 Å². The van der Waals surface area contributed by atoms with E-state index < -0.39 is 6.10 Å². The maximum Gasteiger partial charge on any atom is 0.253 e. The predicted molar refractivity (Wildman–Crippen MR) is 81.2 cm³/mol. The highest BCUT2D eigenvalue weighted by Crippen LogP contribution is 2.29. The first-order valence-electron chi connectivity index (χ1n) is 7.45. The van der Waals surface area contributed by atoms with Crippen LogP contribution in [-0.4, -0.2) is 28.8 Å². The number of benzene rings is 1. The minimum Gasteiger partial charge on any atom is -0.421 e. The van der Waals surface area contributed by atoms with E-state index in [0.29, 0.717) is 35.6 Å². The van der Waals surface area contributed by atoms with Crippen molar-refractivity contribution in [1.82, 2.24) is 10.2 Å². The summed E-state index contributed by atoms with van der Waals surface area (Å²) in [5.74, 6) is 1.32. The lowest BCUT2D eigenvalue weighted by Gasteiger charge is -2.14. The Bertz CT molecular complexity index is 664. The number of carbonyl (C=O) groups is 1. The zero-order valence-electron chi connectivity index (χ0n) is 12.7. The average Bonchev–Trinajstić information content (AvgIpc) is 3.25. The van der Waals surface area contributed by atoms with Crippen LogP contribution in [-0.2, 0) is 9.53 Å². The number of nitrogens with zero attached hydrogens (tertiary/aromatic N) is 2. The van der Waals surface area contributed by atoms with Crippen LogP contribution in [0.3, 0.4) is 0 Å². The molecule has 6 nitrogen and oxygen atoms in total. The number of ether oxygens (including phenoxy) is 1. The lowest BCUT2D eigenvalue weighted by Crippen LogP contribution is -2.28. The summed E-state index contributed by atoms with van der Waals surface area (Å²) in [5.41, 5.74) is 1.34. The number of aryl methyl sites for hydroxylation is 1. The highest BCUT2D eigenvalue weighted by molar-refractivity contribution is 5.97. The van der Waals surface area contributed by atoms with E-state index in [-0.39, 0.29) is 5.91 Å². The number of anilines is 1. The maximum absolute atomic E-state index is 12.2. The van der Waals surface area contributed by atoms with Crippen molar-refractivity contribution in [3.8, 4) is 11.5 Å². The van der Waals surface area contributed by atoms with E-state index in [1.165, 1.54) is 12.8 Å². The van der Waals surface area contributed by atoms with Crippen molar-refractivity contribution >= 4 is 11.6 Å². The van der Waals surface area contributed by atoms with Crippen LogP contribution in [0.2, 0.25) is 0 Å². The van der Waals surface area contributed by atoms with Gasteiger partial charge in [-0.25, -0.2) is 0 Å². The molecule has 1 fully saturated rings. The second-order valence-electron chi connectivity index (χ2n) is 5.58. The van der Waals surface area contributed by atoms with Crippen molar-refractivity contribution in [2.24, 2.45) is 5.92 Å². The average molecular weight is 301 g/mol. The van der Waals surface area contributed by atoms with E-state index in [2.05, 4.69) is 15.5 Å². The summed E-state index contributed by atoms with van der Waals surface area (Å²) >= 11 is 0. The fourth-order valence-electron chi connectivity index (χ4n) is 2.06. The van der Waals surface area contributed by atoms with Gasteiger partial charge in [0.25, 0.3) is 5.91 Å². The first-order chi connectivity index (χ1) is 10.6. The molecule has 0 spiro atoms. The Balaban J connectivity index is 1.70. The molecule has 0 saturated heterocycles. The molecule has 1 aromatic heterocycles. The van der Waals surface area contributed by atoms with E-state index in [1.807, 2.05) is 18.2 Å². The molecule has 6 heteroatoms. The number of hydrogen-bond acceptors (Lipinski definition) is 5.